The Bertz CT molecular complexity index is 1050. The third kappa shape index (κ3) is 4.61. The lowest BCUT2D eigenvalue weighted by atomic mass is 10.1. The quantitative estimate of drug-likeness (QED) is 0.619. The Morgan fingerprint density at radius 1 is 1.21 bits per heavy atom. The minimum Gasteiger partial charge on any atom is -0.493 e. The van der Waals surface area contributed by atoms with Gasteiger partial charge in [-0.3, -0.25) is 4.79 Å². The molecule has 2 aromatic heterocycles. The molecule has 0 unspecified atom stereocenters. The number of halogens is 2. The number of fused-ring (bicyclic) bond motifs is 1. The highest BCUT2D eigenvalue weighted by Crippen LogP contribution is 2.31. The molecule has 1 aromatic carbocycles. The lowest BCUT2D eigenvalue weighted by molar-refractivity contribution is -0.0512. The van der Waals surface area contributed by atoms with Gasteiger partial charge in [0.1, 0.15) is 10.7 Å². The molecule has 0 bridgehead atoms. The van der Waals surface area contributed by atoms with E-state index in [1.165, 1.54) is 24.5 Å². The summed E-state index contributed by atoms with van der Waals surface area (Å²) in [5.74, 6) is 0.699. The number of nitrogens with one attached hydrogen (secondary N) is 1. The first-order chi connectivity index (χ1) is 13.8. The Kier molecular flexibility index (Phi) is 6.26. The number of ether oxygens (including phenoxy) is 2. The van der Waals surface area contributed by atoms with Gasteiger partial charge in [-0.05, 0) is 50.5 Å². The molecule has 0 fully saturated rings. The number of carbonyl (C=O) groups excluding carboxylic acids is 1. The maximum atomic E-state index is 12.6. The highest BCUT2D eigenvalue weighted by molar-refractivity contribution is 7.20. The van der Waals surface area contributed by atoms with Crippen LogP contribution in [0.5, 0.6) is 11.5 Å². The van der Waals surface area contributed by atoms with Crippen molar-refractivity contribution in [2.24, 2.45) is 0 Å². The molecular weight excluding hydrogens is 400 g/mol. The second kappa shape index (κ2) is 8.69. The zero-order chi connectivity index (χ0) is 21.1. The molecule has 0 spiro atoms. The Balaban J connectivity index is 1.68. The smallest absolute Gasteiger partial charge is 0.387 e. The summed E-state index contributed by atoms with van der Waals surface area (Å²) < 4.78 is 34.3. The van der Waals surface area contributed by atoms with Crippen molar-refractivity contribution in [3.05, 3.63) is 45.7 Å². The predicted molar refractivity (Wildman–Crippen MR) is 107 cm³/mol. The minimum absolute atomic E-state index is 0.0250. The molecule has 0 aliphatic heterocycles. The van der Waals surface area contributed by atoms with Gasteiger partial charge in [-0.15, -0.1) is 11.3 Å². The minimum atomic E-state index is -2.92. The lowest BCUT2D eigenvalue weighted by Crippen LogP contribution is -2.25. The number of aromatic nitrogens is 2. The highest BCUT2D eigenvalue weighted by atomic mass is 32.1. The maximum Gasteiger partial charge on any atom is 0.387 e. The first-order valence-electron chi connectivity index (χ1n) is 8.94. The van der Waals surface area contributed by atoms with Crippen molar-refractivity contribution >= 4 is 27.5 Å². The Morgan fingerprint density at radius 2 is 1.97 bits per heavy atom. The van der Waals surface area contributed by atoms with Gasteiger partial charge in [0.2, 0.25) is 0 Å². The number of methoxy groups -OCH3 is 1. The molecular formula is C20H21F2N3O3S. The van der Waals surface area contributed by atoms with E-state index in [0.29, 0.717) is 23.7 Å². The molecule has 29 heavy (non-hydrogen) atoms. The van der Waals surface area contributed by atoms with Crippen LogP contribution in [0.3, 0.4) is 0 Å². The van der Waals surface area contributed by atoms with Crippen molar-refractivity contribution in [1.82, 2.24) is 15.3 Å². The fourth-order valence-electron chi connectivity index (χ4n) is 3.15. The second-order valence-electron chi connectivity index (χ2n) is 6.46. The van der Waals surface area contributed by atoms with Crippen molar-refractivity contribution < 1.29 is 23.0 Å². The number of alkyl halides is 2. The topological polar surface area (TPSA) is 73.3 Å². The van der Waals surface area contributed by atoms with Gasteiger partial charge in [-0.25, -0.2) is 9.97 Å². The number of carbonyl (C=O) groups is 1. The van der Waals surface area contributed by atoms with E-state index in [1.807, 2.05) is 20.8 Å². The van der Waals surface area contributed by atoms with Gasteiger partial charge in [0, 0.05) is 17.6 Å². The van der Waals surface area contributed by atoms with Crippen LogP contribution in [0.1, 0.15) is 32.3 Å². The van der Waals surface area contributed by atoms with Gasteiger partial charge >= 0.3 is 6.61 Å². The first-order valence-corrected chi connectivity index (χ1v) is 9.76. The van der Waals surface area contributed by atoms with Gasteiger partial charge < -0.3 is 14.8 Å². The maximum absolute atomic E-state index is 12.6. The van der Waals surface area contributed by atoms with Crippen molar-refractivity contribution in [2.75, 3.05) is 13.7 Å². The van der Waals surface area contributed by atoms with E-state index in [-0.39, 0.29) is 17.4 Å². The van der Waals surface area contributed by atoms with Crippen LogP contribution < -0.4 is 14.8 Å². The average Bonchev–Trinajstić information content (AvgIpc) is 2.98. The van der Waals surface area contributed by atoms with Crippen LogP contribution in [-0.4, -0.2) is 36.1 Å². The zero-order valence-corrected chi connectivity index (χ0v) is 17.3. The molecule has 3 rings (SSSR count). The van der Waals surface area contributed by atoms with Crippen LogP contribution in [0.15, 0.2) is 18.2 Å². The van der Waals surface area contributed by atoms with E-state index in [0.717, 1.165) is 27.0 Å². The molecule has 3 aromatic rings. The summed E-state index contributed by atoms with van der Waals surface area (Å²) in [4.78, 5) is 22.9. The third-order valence-electron chi connectivity index (χ3n) is 4.43. The largest absolute Gasteiger partial charge is 0.493 e. The van der Waals surface area contributed by atoms with Crippen LogP contribution in [0, 0.1) is 20.8 Å². The molecule has 0 saturated heterocycles. The van der Waals surface area contributed by atoms with Crippen molar-refractivity contribution in [3.8, 4) is 11.5 Å². The molecule has 6 nitrogen and oxygen atoms in total. The molecule has 1 N–H and O–H groups in total. The molecule has 0 aliphatic rings. The SMILES string of the molecule is COc1cc(CCNC(=O)c2sc3nc(C)nc(C)c3c2C)ccc1OC(F)F. The van der Waals surface area contributed by atoms with Crippen LogP contribution in [0.25, 0.3) is 10.2 Å². The monoisotopic (exact) mass is 421 g/mol. The summed E-state index contributed by atoms with van der Waals surface area (Å²) in [6, 6.07) is 4.72. The summed E-state index contributed by atoms with van der Waals surface area (Å²) in [6.45, 7) is 3.09. The number of rotatable bonds is 7. The number of hydrogen-bond donors (Lipinski definition) is 1. The first kappa shape index (κ1) is 20.9. The lowest BCUT2D eigenvalue weighted by Gasteiger charge is -2.11. The summed E-state index contributed by atoms with van der Waals surface area (Å²) >= 11 is 1.35. The molecule has 2 heterocycles. The van der Waals surface area contributed by atoms with E-state index in [9.17, 15) is 13.6 Å². The van der Waals surface area contributed by atoms with Gasteiger partial charge in [0.25, 0.3) is 5.91 Å². The molecule has 0 radical (unpaired) electrons. The van der Waals surface area contributed by atoms with Crippen molar-refractivity contribution in [2.45, 2.75) is 33.8 Å². The fourth-order valence-corrected chi connectivity index (χ4v) is 4.35. The average molecular weight is 421 g/mol. The summed E-state index contributed by atoms with van der Waals surface area (Å²) in [6.07, 6.45) is 0.513. The Morgan fingerprint density at radius 3 is 2.66 bits per heavy atom. The molecule has 0 saturated carbocycles. The summed E-state index contributed by atoms with van der Waals surface area (Å²) in [7, 11) is 1.38. The molecule has 154 valence electrons. The van der Waals surface area contributed by atoms with Crippen LogP contribution in [-0.2, 0) is 6.42 Å². The van der Waals surface area contributed by atoms with Crippen molar-refractivity contribution in [3.63, 3.8) is 0 Å². The van der Waals surface area contributed by atoms with E-state index < -0.39 is 6.61 Å². The second-order valence-corrected chi connectivity index (χ2v) is 7.46. The standard InChI is InChI=1S/C20H21F2N3O3S/c1-10-16-11(2)24-12(3)25-19(16)29-17(10)18(26)23-8-7-13-5-6-14(28-20(21)22)15(9-13)27-4/h5-6,9,20H,7-8H2,1-4H3,(H,23,26). The normalized spacial score (nSPS) is 11.1. The number of benzene rings is 1. The van der Waals surface area contributed by atoms with Crippen molar-refractivity contribution in [1.29, 1.82) is 0 Å². The van der Waals surface area contributed by atoms with Crippen LogP contribution in [0.2, 0.25) is 0 Å². The van der Waals surface area contributed by atoms with Gasteiger partial charge in [0.15, 0.2) is 11.5 Å². The van der Waals surface area contributed by atoms with Gasteiger partial charge in [-0.1, -0.05) is 6.07 Å². The Hall–Kier alpha value is -2.81. The molecule has 0 aliphatic carbocycles. The summed E-state index contributed by atoms with van der Waals surface area (Å²) in [5.41, 5.74) is 2.56. The number of thiophene rings is 1. The molecule has 9 heteroatoms. The number of nitrogens with zero attached hydrogens (tertiary/aromatic N) is 2. The van der Waals surface area contributed by atoms with Crippen LogP contribution >= 0.6 is 11.3 Å². The third-order valence-corrected chi connectivity index (χ3v) is 5.62. The fraction of sp³-hybridized carbons (Fsp3) is 0.350. The van der Waals surface area contributed by atoms with E-state index in [1.54, 1.807) is 12.1 Å². The van der Waals surface area contributed by atoms with Gasteiger partial charge in [-0.2, -0.15) is 8.78 Å². The van der Waals surface area contributed by atoms with E-state index >= 15 is 0 Å². The molecule has 0 atom stereocenters. The van der Waals surface area contributed by atoms with Crippen LogP contribution in [0.4, 0.5) is 8.78 Å². The predicted octanol–water partition coefficient (Wildman–Crippen LogP) is 4.20. The zero-order valence-electron chi connectivity index (χ0n) is 16.5. The number of aryl methyl sites for hydroxylation is 3. The summed E-state index contributed by atoms with van der Waals surface area (Å²) in [5, 5.41) is 3.82. The number of amides is 1. The van der Waals surface area contributed by atoms with E-state index in [4.69, 9.17) is 4.74 Å². The molecule has 1 amide bonds. The highest BCUT2D eigenvalue weighted by Gasteiger charge is 2.18. The Labute approximate surface area is 170 Å². The number of hydrogen-bond acceptors (Lipinski definition) is 6. The van der Waals surface area contributed by atoms with Gasteiger partial charge in [0.05, 0.1) is 12.0 Å². The van der Waals surface area contributed by atoms with E-state index in [2.05, 4.69) is 20.0 Å².